The highest BCUT2D eigenvalue weighted by atomic mass is 35.5. The summed E-state index contributed by atoms with van der Waals surface area (Å²) in [6, 6.07) is 5.07. The number of thioether (sulfide) groups is 1. The maximum absolute atomic E-state index is 12.0. The van der Waals surface area contributed by atoms with Gasteiger partial charge in [-0.3, -0.25) is 4.79 Å². The molecule has 0 saturated heterocycles. The van der Waals surface area contributed by atoms with E-state index < -0.39 is 0 Å². The topological polar surface area (TPSA) is 55.1 Å². The van der Waals surface area contributed by atoms with Crippen molar-refractivity contribution in [1.29, 1.82) is 0 Å². The number of amides is 1. The van der Waals surface area contributed by atoms with E-state index in [4.69, 9.17) is 17.3 Å². The van der Waals surface area contributed by atoms with Crippen LogP contribution in [0.5, 0.6) is 0 Å². The Morgan fingerprint density at radius 2 is 2.21 bits per heavy atom. The van der Waals surface area contributed by atoms with E-state index in [1.54, 1.807) is 30.0 Å². The molecule has 1 atom stereocenters. The summed E-state index contributed by atoms with van der Waals surface area (Å²) in [5, 5.41) is 3.30. The van der Waals surface area contributed by atoms with Crippen LogP contribution in [0.2, 0.25) is 5.02 Å². The Morgan fingerprint density at radius 3 is 2.89 bits per heavy atom. The van der Waals surface area contributed by atoms with Gasteiger partial charge in [0.25, 0.3) is 0 Å². The summed E-state index contributed by atoms with van der Waals surface area (Å²) in [5.41, 5.74) is 6.91. The molecule has 5 heteroatoms. The molecule has 0 aliphatic carbocycles. The predicted octanol–water partition coefficient (Wildman–Crippen LogP) is 4.17. The monoisotopic (exact) mass is 300 g/mol. The molecule has 3 nitrogen and oxygen atoms in total. The van der Waals surface area contributed by atoms with Gasteiger partial charge in [-0.15, -0.1) is 11.8 Å². The summed E-state index contributed by atoms with van der Waals surface area (Å²) >= 11 is 7.55. The zero-order valence-corrected chi connectivity index (χ0v) is 13.0. The number of halogens is 1. The van der Waals surface area contributed by atoms with E-state index in [0.29, 0.717) is 16.4 Å². The van der Waals surface area contributed by atoms with Crippen LogP contribution in [0.1, 0.15) is 33.1 Å². The van der Waals surface area contributed by atoms with E-state index in [0.717, 1.165) is 12.2 Å². The Kier molecular flexibility index (Phi) is 7.10. The number of rotatable bonds is 7. The van der Waals surface area contributed by atoms with Gasteiger partial charge in [0.2, 0.25) is 5.91 Å². The van der Waals surface area contributed by atoms with Gasteiger partial charge in [-0.1, -0.05) is 31.4 Å². The van der Waals surface area contributed by atoms with Gasteiger partial charge in [0, 0.05) is 5.02 Å². The van der Waals surface area contributed by atoms with Crippen molar-refractivity contribution in [1.82, 2.24) is 0 Å². The molecule has 0 heterocycles. The van der Waals surface area contributed by atoms with Crippen LogP contribution in [0.3, 0.4) is 0 Å². The smallest absolute Gasteiger partial charge is 0.237 e. The first-order valence-electron chi connectivity index (χ1n) is 6.52. The standard InChI is InChI=1S/C14H21ClN2OS/c1-3-4-5-8-19-10(2)14(18)17-13-9-11(15)6-7-12(13)16/h6-7,9-10H,3-5,8,16H2,1-2H3,(H,17,18). The van der Waals surface area contributed by atoms with E-state index in [1.165, 1.54) is 12.8 Å². The van der Waals surface area contributed by atoms with Crippen molar-refractivity contribution >= 4 is 40.6 Å². The van der Waals surface area contributed by atoms with Gasteiger partial charge in [-0.25, -0.2) is 0 Å². The molecule has 1 aromatic carbocycles. The summed E-state index contributed by atoms with van der Waals surface area (Å²) in [5.74, 6) is 0.975. The van der Waals surface area contributed by atoms with Crippen molar-refractivity contribution in [3.05, 3.63) is 23.2 Å². The number of anilines is 2. The quantitative estimate of drug-likeness (QED) is 0.587. The molecule has 1 aromatic rings. The van der Waals surface area contributed by atoms with Crippen molar-refractivity contribution in [2.75, 3.05) is 16.8 Å². The first-order valence-corrected chi connectivity index (χ1v) is 7.94. The Balaban J connectivity index is 2.47. The third-order valence-corrected chi connectivity index (χ3v) is 4.23. The van der Waals surface area contributed by atoms with Crippen LogP contribution < -0.4 is 11.1 Å². The Bertz CT molecular complexity index is 426. The molecule has 0 spiro atoms. The molecule has 0 aromatic heterocycles. The van der Waals surface area contributed by atoms with Gasteiger partial charge >= 0.3 is 0 Å². The van der Waals surface area contributed by atoms with Crippen molar-refractivity contribution in [2.24, 2.45) is 0 Å². The molecule has 0 aliphatic rings. The zero-order valence-electron chi connectivity index (χ0n) is 11.4. The average Bonchev–Trinajstić information content (AvgIpc) is 2.38. The lowest BCUT2D eigenvalue weighted by Gasteiger charge is -2.13. The van der Waals surface area contributed by atoms with E-state index >= 15 is 0 Å². The zero-order chi connectivity index (χ0) is 14.3. The highest BCUT2D eigenvalue weighted by molar-refractivity contribution is 8.00. The minimum absolute atomic E-state index is 0.0320. The number of hydrogen-bond donors (Lipinski definition) is 2. The van der Waals surface area contributed by atoms with Crippen LogP contribution in [0.4, 0.5) is 11.4 Å². The summed E-state index contributed by atoms with van der Waals surface area (Å²) in [6.07, 6.45) is 3.56. The van der Waals surface area contributed by atoms with Crippen LogP contribution in [0, 0.1) is 0 Å². The summed E-state index contributed by atoms with van der Waals surface area (Å²) in [6.45, 7) is 4.08. The molecule has 106 valence electrons. The Hall–Kier alpha value is -0.870. The van der Waals surface area contributed by atoms with E-state index in [-0.39, 0.29) is 11.2 Å². The lowest BCUT2D eigenvalue weighted by molar-refractivity contribution is -0.115. The maximum atomic E-state index is 12.0. The molecular weight excluding hydrogens is 280 g/mol. The SMILES string of the molecule is CCCCCSC(C)C(=O)Nc1cc(Cl)ccc1N. The first-order chi connectivity index (χ1) is 9.04. The van der Waals surface area contributed by atoms with E-state index in [1.807, 2.05) is 6.92 Å². The molecule has 0 fully saturated rings. The van der Waals surface area contributed by atoms with Crippen LogP contribution >= 0.6 is 23.4 Å². The van der Waals surface area contributed by atoms with Crippen molar-refractivity contribution in [3.8, 4) is 0 Å². The Morgan fingerprint density at radius 1 is 1.47 bits per heavy atom. The molecule has 0 bridgehead atoms. The highest BCUT2D eigenvalue weighted by Crippen LogP contribution is 2.24. The van der Waals surface area contributed by atoms with E-state index in [9.17, 15) is 4.79 Å². The van der Waals surface area contributed by atoms with Crippen LogP contribution in [-0.4, -0.2) is 16.9 Å². The third kappa shape index (κ3) is 5.74. The summed E-state index contributed by atoms with van der Waals surface area (Å²) in [7, 11) is 0. The van der Waals surface area contributed by atoms with Crippen LogP contribution in [0.25, 0.3) is 0 Å². The molecule has 1 unspecified atom stereocenters. The van der Waals surface area contributed by atoms with Crippen molar-refractivity contribution < 1.29 is 4.79 Å². The molecule has 0 saturated carbocycles. The Labute approximate surface area is 124 Å². The van der Waals surface area contributed by atoms with Gasteiger partial charge in [-0.2, -0.15) is 0 Å². The summed E-state index contributed by atoms with van der Waals surface area (Å²) in [4.78, 5) is 12.0. The minimum atomic E-state index is -0.0877. The molecule has 3 N–H and O–H groups in total. The minimum Gasteiger partial charge on any atom is -0.397 e. The van der Waals surface area contributed by atoms with E-state index in [2.05, 4.69) is 12.2 Å². The fraction of sp³-hybridized carbons (Fsp3) is 0.500. The van der Waals surface area contributed by atoms with Gasteiger partial charge in [0.05, 0.1) is 16.6 Å². The average molecular weight is 301 g/mol. The number of hydrogen-bond acceptors (Lipinski definition) is 3. The molecule has 1 amide bonds. The number of carbonyl (C=O) groups is 1. The summed E-state index contributed by atoms with van der Waals surface area (Å²) < 4.78 is 0. The second kappa shape index (κ2) is 8.33. The second-order valence-electron chi connectivity index (χ2n) is 4.44. The van der Waals surface area contributed by atoms with Gasteiger partial charge in [-0.05, 0) is 37.3 Å². The van der Waals surface area contributed by atoms with Crippen LogP contribution in [0.15, 0.2) is 18.2 Å². The fourth-order valence-electron chi connectivity index (χ4n) is 1.56. The molecule has 1 rings (SSSR count). The maximum Gasteiger partial charge on any atom is 0.237 e. The van der Waals surface area contributed by atoms with Crippen LogP contribution in [-0.2, 0) is 4.79 Å². The first kappa shape index (κ1) is 16.2. The lowest BCUT2D eigenvalue weighted by Crippen LogP contribution is -2.23. The van der Waals surface area contributed by atoms with Crippen molar-refractivity contribution in [2.45, 2.75) is 38.4 Å². The normalized spacial score (nSPS) is 12.2. The molecular formula is C14H21ClN2OS. The number of nitrogens with two attached hydrogens (primary N) is 1. The number of nitrogen functional groups attached to an aromatic ring is 1. The number of benzene rings is 1. The molecule has 0 radical (unpaired) electrons. The predicted molar refractivity (Wildman–Crippen MR) is 85.9 cm³/mol. The molecule has 0 aliphatic heterocycles. The highest BCUT2D eigenvalue weighted by Gasteiger charge is 2.14. The van der Waals surface area contributed by atoms with Crippen molar-refractivity contribution in [3.63, 3.8) is 0 Å². The lowest BCUT2D eigenvalue weighted by atomic mass is 10.2. The fourth-order valence-corrected chi connectivity index (χ4v) is 2.67. The third-order valence-electron chi connectivity index (χ3n) is 2.76. The van der Waals surface area contributed by atoms with Gasteiger partial charge in [0.1, 0.15) is 0 Å². The number of carbonyl (C=O) groups excluding carboxylic acids is 1. The van der Waals surface area contributed by atoms with Gasteiger partial charge in [0.15, 0.2) is 0 Å². The van der Waals surface area contributed by atoms with Gasteiger partial charge < -0.3 is 11.1 Å². The second-order valence-corrected chi connectivity index (χ2v) is 6.33. The largest absolute Gasteiger partial charge is 0.397 e. The number of unbranched alkanes of at least 4 members (excludes halogenated alkanes) is 2. The molecule has 19 heavy (non-hydrogen) atoms. The number of nitrogens with one attached hydrogen (secondary N) is 1.